The summed E-state index contributed by atoms with van der Waals surface area (Å²) in [4.78, 5) is 28.3. The molecule has 4 atom stereocenters. The zero-order chi connectivity index (χ0) is 16.0. The molecule has 0 radical (unpaired) electrons. The molecule has 4 rings (SSSR count). The minimum Gasteiger partial charge on any atom is -0.481 e. The van der Waals surface area contributed by atoms with Gasteiger partial charge in [-0.3, -0.25) is 14.5 Å². The lowest BCUT2D eigenvalue weighted by Gasteiger charge is -2.27. The van der Waals surface area contributed by atoms with Gasteiger partial charge in [0.2, 0.25) is 5.91 Å². The van der Waals surface area contributed by atoms with E-state index < -0.39 is 29.5 Å². The molecule has 1 N–H and O–H groups in total. The van der Waals surface area contributed by atoms with Crippen LogP contribution >= 0.6 is 0 Å². The van der Waals surface area contributed by atoms with Crippen molar-refractivity contribution in [3.05, 3.63) is 12.2 Å². The fourth-order valence-corrected chi connectivity index (χ4v) is 4.36. The van der Waals surface area contributed by atoms with Crippen LogP contribution in [-0.2, 0) is 19.1 Å². The Morgan fingerprint density at radius 3 is 2.87 bits per heavy atom. The number of hydrogen-bond donors (Lipinski definition) is 1. The van der Waals surface area contributed by atoms with Crippen molar-refractivity contribution in [3.8, 4) is 0 Å². The highest BCUT2D eigenvalue weighted by atomic mass is 16.5. The number of morpholine rings is 1. The average molecular weight is 322 g/mol. The number of hydrogen-bond acceptors (Lipinski definition) is 5. The lowest BCUT2D eigenvalue weighted by Crippen LogP contribution is -2.40. The molecule has 1 amide bonds. The Kier molecular flexibility index (Phi) is 3.66. The molecule has 7 nitrogen and oxygen atoms in total. The van der Waals surface area contributed by atoms with Crippen molar-refractivity contribution in [3.63, 3.8) is 0 Å². The first-order valence-corrected chi connectivity index (χ1v) is 8.30. The lowest BCUT2D eigenvalue weighted by atomic mass is 9.77. The van der Waals surface area contributed by atoms with Crippen LogP contribution in [0.3, 0.4) is 0 Å². The van der Waals surface area contributed by atoms with Crippen LogP contribution in [0.15, 0.2) is 12.2 Å². The van der Waals surface area contributed by atoms with Gasteiger partial charge in [0.1, 0.15) is 11.5 Å². The van der Waals surface area contributed by atoms with E-state index in [1.807, 2.05) is 6.08 Å². The molecule has 23 heavy (non-hydrogen) atoms. The highest BCUT2D eigenvalue weighted by Gasteiger charge is 2.66. The molecule has 0 saturated carbocycles. The lowest BCUT2D eigenvalue weighted by molar-refractivity contribution is -0.148. The minimum atomic E-state index is -0.935. The third kappa shape index (κ3) is 2.38. The van der Waals surface area contributed by atoms with Crippen molar-refractivity contribution in [2.24, 2.45) is 11.8 Å². The van der Waals surface area contributed by atoms with E-state index >= 15 is 0 Å². The minimum absolute atomic E-state index is 0.0637. The molecule has 3 fully saturated rings. The molecule has 0 aromatic rings. The first-order chi connectivity index (χ1) is 11.1. The van der Waals surface area contributed by atoms with E-state index in [-0.39, 0.29) is 5.91 Å². The summed E-state index contributed by atoms with van der Waals surface area (Å²) in [6.45, 7) is 5.50. The second-order valence-corrected chi connectivity index (χ2v) is 6.81. The molecule has 0 aromatic carbocycles. The number of carbonyl (C=O) groups excluding carboxylic acids is 1. The van der Waals surface area contributed by atoms with Crippen LogP contribution < -0.4 is 0 Å². The third-order valence-electron chi connectivity index (χ3n) is 5.47. The Labute approximate surface area is 134 Å². The van der Waals surface area contributed by atoms with Gasteiger partial charge >= 0.3 is 5.97 Å². The predicted octanol–water partition coefficient (Wildman–Crippen LogP) is -0.425. The molecule has 126 valence electrons. The average Bonchev–Trinajstić information content (AvgIpc) is 3.17. The maximum Gasteiger partial charge on any atom is 0.310 e. The van der Waals surface area contributed by atoms with Gasteiger partial charge in [-0.15, -0.1) is 0 Å². The van der Waals surface area contributed by atoms with E-state index in [1.165, 1.54) is 0 Å². The number of amides is 1. The van der Waals surface area contributed by atoms with E-state index in [9.17, 15) is 14.7 Å². The zero-order valence-electron chi connectivity index (χ0n) is 13.0. The zero-order valence-corrected chi connectivity index (χ0v) is 13.0. The second kappa shape index (κ2) is 5.58. The van der Waals surface area contributed by atoms with Crippen LogP contribution in [0, 0.1) is 11.8 Å². The van der Waals surface area contributed by atoms with Crippen LogP contribution in [0.2, 0.25) is 0 Å². The van der Waals surface area contributed by atoms with Gasteiger partial charge < -0.3 is 19.5 Å². The van der Waals surface area contributed by atoms with E-state index in [0.29, 0.717) is 13.1 Å². The molecular weight excluding hydrogens is 300 g/mol. The van der Waals surface area contributed by atoms with Gasteiger partial charge in [-0.05, 0) is 6.42 Å². The van der Waals surface area contributed by atoms with Gasteiger partial charge in [0, 0.05) is 26.2 Å². The molecule has 2 bridgehead atoms. The first kappa shape index (κ1) is 15.1. The topological polar surface area (TPSA) is 79.3 Å². The van der Waals surface area contributed by atoms with Crippen molar-refractivity contribution < 1.29 is 24.2 Å². The third-order valence-corrected chi connectivity index (χ3v) is 5.47. The summed E-state index contributed by atoms with van der Waals surface area (Å²) in [5, 5.41) is 9.43. The molecule has 1 spiro atoms. The number of fused-ring (bicyclic) bond motifs is 1. The van der Waals surface area contributed by atoms with Gasteiger partial charge in [0.15, 0.2) is 0 Å². The molecule has 0 aliphatic carbocycles. The molecule has 4 heterocycles. The summed E-state index contributed by atoms with van der Waals surface area (Å²) < 4.78 is 11.2. The molecular formula is C16H22N2O5. The summed E-state index contributed by atoms with van der Waals surface area (Å²) in [5.74, 6) is -2.30. The Hall–Kier alpha value is -1.44. The van der Waals surface area contributed by atoms with Crippen LogP contribution in [0.5, 0.6) is 0 Å². The largest absolute Gasteiger partial charge is 0.481 e. The molecule has 4 aliphatic rings. The van der Waals surface area contributed by atoms with Gasteiger partial charge in [0.05, 0.1) is 31.8 Å². The van der Waals surface area contributed by atoms with Crippen LogP contribution in [-0.4, -0.2) is 84.4 Å². The van der Waals surface area contributed by atoms with E-state index in [2.05, 4.69) is 4.90 Å². The summed E-state index contributed by atoms with van der Waals surface area (Å²) in [6, 6.07) is 0. The Morgan fingerprint density at radius 1 is 1.35 bits per heavy atom. The summed E-state index contributed by atoms with van der Waals surface area (Å²) >= 11 is 0. The summed E-state index contributed by atoms with van der Waals surface area (Å²) in [7, 11) is 0. The Balaban J connectivity index is 1.38. The maximum absolute atomic E-state index is 12.7. The van der Waals surface area contributed by atoms with E-state index in [0.717, 1.165) is 39.3 Å². The quantitative estimate of drug-likeness (QED) is 0.692. The predicted molar refractivity (Wildman–Crippen MR) is 79.8 cm³/mol. The van der Waals surface area contributed by atoms with Crippen molar-refractivity contribution in [2.75, 3.05) is 45.9 Å². The van der Waals surface area contributed by atoms with Gasteiger partial charge in [0.25, 0.3) is 0 Å². The summed E-state index contributed by atoms with van der Waals surface area (Å²) in [6.07, 6.45) is 4.15. The van der Waals surface area contributed by atoms with Gasteiger partial charge in [-0.2, -0.15) is 0 Å². The van der Waals surface area contributed by atoms with Gasteiger partial charge in [-0.1, -0.05) is 12.2 Å². The normalized spacial score (nSPS) is 39.2. The van der Waals surface area contributed by atoms with Crippen molar-refractivity contribution in [1.82, 2.24) is 9.80 Å². The standard InChI is InChI=1S/C16H22N2O5/c19-14-13-12(15(20)21)11-2-3-16(13,23-11)10-18(14)5-1-4-17-6-8-22-9-7-17/h2-3,11-13H,1,4-10H2,(H,20,21). The number of rotatable bonds is 5. The highest BCUT2D eigenvalue weighted by molar-refractivity contribution is 5.90. The number of ether oxygens (including phenoxy) is 2. The number of nitrogens with zero attached hydrogens (tertiary/aromatic N) is 2. The number of likely N-dealkylation sites (tertiary alicyclic amines) is 1. The summed E-state index contributed by atoms with van der Waals surface area (Å²) in [5.41, 5.74) is -0.705. The van der Waals surface area contributed by atoms with Crippen molar-refractivity contribution >= 4 is 11.9 Å². The fourth-order valence-electron chi connectivity index (χ4n) is 4.36. The number of carboxylic acid groups (broad SMARTS) is 1. The van der Waals surface area contributed by atoms with Gasteiger partial charge in [-0.25, -0.2) is 0 Å². The molecule has 0 aromatic heterocycles. The van der Waals surface area contributed by atoms with Crippen LogP contribution in [0.1, 0.15) is 6.42 Å². The van der Waals surface area contributed by atoms with Crippen LogP contribution in [0.25, 0.3) is 0 Å². The first-order valence-electron chi connectivity index (χ1n) is 8.30. The SMILES string of the molecule is O=C(O)C1C2C=CC3(CN(CCCN4CCOCC4)C(=O)C13)O2. The van der Waals surface area contributed by atoms with Crippen molar-refractivity contribution in [2.45, 2.75) is 18.1 Å². The van der Waals surface area contributed by atoms with Crippen molar-refractivity contribution in [1.29, 1.82) is 0 Å². The molecule has 3 saturated heterocycles. The second-order valence-electron chi connectivity index (χ2n) is 6.81. The number of carbonyl (C=O) groups is 2. The smallest absolute Gasteiger partial charge is 0.310 e. The Bertz CT molecular complexity index is 545. The number of aliphatic carboxylic acids is 1. The van der Waals surface area contributed by atoms with Crippen LogP contribution in [0.4, 0.5) is 0 Å². The Morgan fingerprint density at radius 2 is 2.13 bits per heavy atom. The molecule has 4 aliphatic heterocycles. The highest BCUT2D eigenvalue weighted by Crippen LogP contribution is 2.51. The number of carboxylic acids is 1. The monoisotopic (exact) mass is 322 g/mol. The van der Waals surface area contributed by atoms with E-state index in [1.54, 1.807) is 11.0 Å². The molecule has 4 unspecified atom stereocenters. The fraction of sp³-hybridized carbons (Fsp3) is 0.750. The molecule has 7 heteroatoms. The van der Waals surface area contributed by atoms with E-state index in [4.69, 9.17) is 9.47 Å². The maximum atomic E-state index is 12.7.